The van der Waals surface area contributed by atoms with E-state index in [1.54, 1.807) is 0 Å². The van der Waals surface area contributed by atoms with Gasteiger partial charge in [0.2, 0.25) is 0 Å². The summed E-state index contributed by atoms with van der Waals surface area (Å²) in [6.07, 6.45) is 0. The summed E-state index contributed by atoms with van der Waals surface area (Å²) in [4.78, 5) is 10.2. The van der Waals surface area contributed by atoms with E-state index < -0.39 is 7.14 Å². The van der Waals surface area contributed by atoms with Crippen molar-refractivity contribution in [2.75, 3.05) is 0 Å². The predicted molar refractivity (Wildman–Crippen MR) is 237 cm³/mol. The zero-order valence-electron chi connectivity index (χ0n) is 30.8. The molecule has 0 saturated carbocycles. The minimum atomic E-state index is -3.08. The quantitative estimate of drug-likeness (QED) is 0.159. The van der Waals surface area contributed by atoms with Gasteiger partial charge < -0.3 is 9.13 Å². The monoisotopic (exact) mass is 747 g/mol. The Morgan fingerprint density at radius 1 is 0.386 bits per heavy atom. The summed E-state index contributed by atoms with van der Waals surface area (Å²) in [5, 5.41) is 4.89. The molecular weight excluding hydrogens is 714 g/mol. The molecule has 3 heterocycles. The van der Waals surface area contributed by atoms with E-state index in [-0.39, 0.29) is 0 Å². The number of fused-ring (bicyclic) bond motifs is 6. The van der Waals surface area contributed by atoms with E-state index in [4.69, 9.17) is 9.97 Å². The van der Waals surface area contributed by atoms with Crippen LogP contribution in [0.1, 0.15) is 0 Å². The van der Waals surface area contributed by atoms with E-state index in [2.05, 4.69) is 138 Å². The van der Waals surface area contributed by atoms with Gasteiger partial charge in [-0.15, -0.1) is 0 Å². The molecule has 5 heteroatoms. The van der Waals surface area contributed by atoms with Crippen molar-refractivity contribution in [2.24, 2.45) is 0 Å². The molecule has 0 saturated heterocycles. The SMILES string of the molecule is O=P1(c2ccccc2)c2ccccc2-c2cc3c(cc21)c1ccccc1n3-c1ccc(-c2cc(-c3ccc(-c4ccccc4)cc3)nc(-c3ccccc3)n2)cc1. The first kappa shape index (κ1) is 33.2. The van der Waals surface area contributed by atoms with Gasteiger partial charge in [-0.05, 0) is 58.7 Å². The van der Waals surface area contributed by atoms with Gasteiger partial charge in [0, 0.05) is 49.1 Å². The summed E-state index contributed by atoms with van der Waals surface area (Å²) in [7, 11) is -3.08. The lowest BCUT2D eigenvalue weighted by Crippen LogP contribution is -2.20. The van der Waals surface area contributed by atoms with Gasteiger partial charge in [0.25, 0.3) is 0 Å². The molecule has 0 N–H and O–H groups in total. The zero-order chi connectivity index (χ0) is 37.9. The van der Waals surface area contributed by atoms with E-state index in [0.29, 0.717) is 5.82 Å². The van der Waals surface area contributed by atoms with Crippen molar-refractivity contribution in [3.63, 3.8) is 0 Å². The molecule has 1 atom stereocenters. The Kier molecular flexibility index (Phi) is 7.73. The molecule has 0 spiro atoms. The Balaban J connectivity index is 1.04. The molecule has 0 fully saturated rings. The molecular formula is C52H34N3OP. The number of rotatable bonds is 6. The molecule has 1 aliphatic heterocycles. The normalized spacial score (nSPS) is 14.5. The lowest BCUT2D eigenvalue weighted by atomic mass is 10.0. The number of aromatic nitrogens is 3. The molecule has 8 aromatic carbocycles. The molecule has 0 radical (unpaired) electrons. The van der Waals surface area contributed by atoms with Gasteiger partial charge >= 0.3 is 0 Å². The first-order valence-electron chi connectivity index (χ1n) is 19.2. The Morgan fingerprint density at radius 3 is 1.63 bits per heavy atom. The molecule has 2 aromatic heterocycles. The Morgan fingerprint density at radius 2 is 0.930 bits per heavy atom. The summed E-state index contributed by atoms with van der Waals surface area (Å²) in [5.74, 6) is 0.684. The van der Waals surface area contributed by atoms with Crippen molar-refractivity contribution >= 4 is 44.9 Å². The highest BCUT2D eigenvalue weighted by Crippen LogP contribution is 2.53. The molecule has 57 heavy (non-hydrogen) atoms. The molecule has 0 bridgehead atoms. The van der Waals surface area contributed by atoms with E-state index >= 15 is 4.57 Å². The first-order valence-corrected chi connectivity index (χ1v) is 20.9. The largest absolute Gasteiger partial charge is 0.309 e. The van der Waals surface area contributed by atoms with Crippen molar-refractivity contribution in [3.05, 3.63) is 206 Å². The molecule has 1 aliphatic rings. The Bertz CT molecular complexity index is 3180. The second-order valence-electron chi connectivity index (χ2n) is 14.5. The van der Waals surface area contributed by atoms with Crippen LogP contribution in [0.5, 0.6) is 0 Å². The Labute approximate surface area is 330 Å². The lowest BCUT2D eigenvalue weighted by Gasteiger charge is -2.16. The van der Waals surface area contributed by atoms with Gasteiger partial charge in [-0.2, -0.15) is 0 Å². The molecule has 268 valence electrons. The Hall–Kier alpha value is -7.13. The van der Waals surface area contributed by atoms with Crippen LogP contribution in [-0.4, -0.2) is 14.5 Å². The van der Waals surface area contributed by atoms with Crippen LogP contribution >= 0.6 is 7.14 Å². The van der Waals surface area contributed by atoms with Crippen LogP contribution in [-0.2, 0) is 4.57 Å². The first-order chi connectivity index (χ1) is 28.1. The maximum atomic E-state index is 15.4. The fraction of sp³-hybridized carbons (Fsp3) is 0. The highest BCUT2D eigenvalue weighted by Gasteiger charge is 2.40. The van der Waals surface area contributed by atoms with Crippen molar-refractivity contribution in [2.45, 2.75) is 0 Å². The molecule has 0 aliphatic carbocycles. The third-order valence-electron chi connectivity index (χ3n) is 11.2. The van der Waals surface area contributed by atoms with Gasteiger partial charge in [-0.3, -0.25) is 0 Å². The average Bonchev–Trinajstić information content (AvgIpc) is 3.75. The second-order valence-corrected chi connectivity index (χ2v) is 17.2. The third-order valence-corrected chi connectivity index (χ3v) is 14.4. The maximum absolute atomic E-state index is 15.4. The summed E-state index contributed by atoms with van der Waals surface area (Å²) in [6.45, 7) is 0. The van der Waals surface area contributed by atoms with Gasteiger partial charge in [-0.25, -0.2) is 9.97 Å². The van der Waals surface area contributed by atoms with Crippen molar-refractivity contribution in [1.82, 2.24) is 14.5 Å². The smallest absolute Gasteiger partial charge is 0.172 e. The number of para-hydroxylation sites is 1. The van der Waals surface area contributed by atoms with E-state index in [9.17, 15) is 0 Å². The summed E-state index contributed by atoms with van der Waals surface area (Å²) in [6, 6.07) is 71.1. The number of nitrogens with zero attached hydrogens (tertiary/aromatic N) is 3. The lowest BCUT2D eigenvalue weighted by molar-refractivity contribution is 0.593. The molecule has 11 rings (SSSR count). The highest BCUT2D eigenvalue weighted by molar-refractivity contribution is 7.86. The number of hydrogen-bond donors (Lipinski definition) is 0. The minimum Gasteiger partial charge on any atom is -0.309 e. The predicted octanol–water partition coefficient (Wildman–Crippen LogP) is 11.9. The summed E-state index contributed by atoms with van der Waals surface area (Å²) >= 11 is 0. The average molecular weight is 748 g/mol. The minimum absolute atomic E-state index is 0.684. The van der Waals surface area contributed by atoms with Gasteiger partial charge in [0.15, 0.2) is 13.0 Å². The van der Waals surface area contributed by atoms with Crippen LogP contribution in [0, 0.1) is 0 Å². The number of benzene rings is 8. The van der Waals surface area contributed by atoms with Crippen molar-refractivity contribution < 1.29 is 4.57 Å². The van der Waals surface area contributed by atoms with Crippen LogP contribution < -0.4 is 15.9 Å². The topological polar surface area (TPSA) is 47.8 Å². The highest BCUT2D eigenvalue weighted by atomic mass is 31.2. The van der Waals surface area contributed by atoms with E-state index in [1.165, 1.54) is 5.56 Å². The van der Waals surface area contributed by atoms with Crippen LogP contribution in [0.2, 0.25) is 0 Å². The zero-order valence-corrected chi connectivity index (χ0v) is 31.7. The summed E-state index contributed by atoms with van der Waals surface area (Å²) in [5.41, 5.74) is 12.3. The molecule has 10 aromatic rings. The molecule has 0 amide bonds. The van der Waals surface area contributed by atoms with Crippen LogP contribution in [0.15, 0.2) is 206 Å². The molecule has 4 nitrogen and oxygen atoms in total. The fourth-order valence-electron chi connectivity index (χ4n) is 8.48. The summed E-state index contributed by atoms with van der Waals surface area (Å²) < 4.78 is 17.7. The van der Waals surface area contributed by atoms with Gasteiger partial charge in [0.05, 0.1) is 22.4 Å². The van der Waals surface area contributed by atoms with Gasteiger partial charge in [-0.1, -0.05) is 170 Å². The standard InChI is InChI=1S/C52H34N3OP/c56-57(41-18-8-3-9-19-41)50-23-13-11-21-43(50)45-32-49-44(33-51(45)57)42-20-10-12-22-48(42)55(49)40-30-28-38(29-31-40)47-34-46(53-52(54-47)39-16-6-2-7-17-39)37-26-24-36(25-27-37)35-14-4-1-5-15-35/h1-34H. The maximum Gasteiger partial charge on any atom is 0.172 e. The van der Waals surface area contributed by atoms with Crippen molar-refractivity contribution in [1.29, 1.82) is 0 Å². The number of hydrogen-bond acceptors (Lipinski definition) is 3. The van der Waals surface area contributed by atoms with Crippen LogP contribution in [0.3, 0.4) is 0 Å². The van der Waals surface area contributed by atoms with Gasteiger partial charge in [0.1, 0.15) is 0 Å². The van der Waals surface area contributed by atoms with E-state index in [1.807, 2.05) is 72.8 Å². The second kappa shape index (κ2) is 13.3. The van der Waals surface area contributed by atoms with Crippen molar-refractivity contribution in [3.8, 4) is 61.8 Å². The molecule has 1 unspecified atom stereocenters. The van der Waals surface area contributed by atoms with E-state index in [0.717, 1.165) is 88.2 Å². The third kappa shape index (κ3) is 5.41. The fourth-order valence-corrected chi connectivity index (χ4v) is 11.6. The van der Waals surface area contributed by atoms with Crippen LogP contribution in [0.25, 0.3) is 83.6 Å². The van der Waals surface area contributed by atoms with Crippen LogP contribution in [0.4, 0.5) is 0 Å².